The molecule has 0 saturated heterocycles. The maximum absolute atomic E-state index is 11.5. The minimum absolute atomic E-state index is 0.0795. The van der Waals surface area contributed by atoms with Crippen molar-refractivity contribution in [2.24, 2.45) is 5.92 Å². The van der Waals surface area contributed by atoms with E-state index < -0.39 is 0 Å². The van der Waals surface area contributed by atoms with Crippen molar-refractivity contribution in [2.75, 3.05) is 18.4 Å². The minimum atomic E-state index is -0.0795. The van der Waals surface area contributed by atoms with Crippen molar-refractivity contribution in [3.05, 3.63) is 28.8 Å². The van der Waals surface area contributed by atoms with Crippen LogP contribution >= 0.6 is 11.6 Å². The molecular formula is C13H16ClN3O. The van der Waals surface area contributed by atoms with E-state index in [0.717, 1.165) is 0 Å². The molecule has 1 rings (SSSR count). The molecule has 0 aliphatic rings. The Kier molecular flexibility index (Phi) is 5.47. The zero-order valence-electron chi connectivity index (χ0n) is 10.5. The molecular weight excluding hydrogens is 250 g/mol. The summed E-state index contributed by atoms with van der Waals surface area (Å²) < 4.78 is 0. The maximum atomic E-state index is 11.5. The molecule has 2 N–H and O–H groups in total. The van der Waals surface area contributed by atoms with Crippen LogP contribution in [0, 0.1) is 17.2 Å². The van der Waals surface area contributed by atoms with E-state index >= 15 is 0 Å². The van der Waals surface area contributed by atoms with E-state index in [1.165, 1.54) is 0 Å². The van der Waals surface area contributed by atoms with E-state index in [9.17, 15) is 4.79 Å². The van der Waals surface area contributed by atoms with Gasteiger partial charge in [-0.05, 0) is 24.1 Å². The topological polar surface area (TPSA) is 64.9 Å². The number of carbonyl (C=O) groups is 1. The van der Waals surface area contributed by atoms with Crippen LogP contribution in [-0.2, 0) is 4.79 Å². The number of nitrogens with zero attached hydrogens (tertiary/aromatic N) is 1. The molecule has 4 nitrogen and oxygen atoms in total. The molecule has 0 radical (unpaired) electrons. The molecule has 1 aromatic rings. The number of nitriles is 1. The number of anilines is 1. The summed E-state index contributed by atoms with van der Waals surface area (Å²) in [4.78, 5) is 11.5. The Balaban J connectivity index is 2.49. The first kappa shape index (κ1) is 14.3. The van der Waals surface area contributed by atoms with Gasteiger partial charge in [0.25, 0.3) is 0 Å². The van der Waals surface area contributed by atoms with Crippen LogP contribution in [0.3, 0.4) is 0 Å². The summed E-state index contributed by atoms with van der Waals surface area (Å²) in [5.41, 5.74) is 1.14. The summed E-state index contributed by atoms with van der Waals surface area (Å²) >= 11 is 5.97. The smallest absolute Gasteiger partial charge is 0.239 e. The number of halogens is 1. The molecule has 0 unspecified atom stereocenters. The SMILES string of the molecule is CC(C)CNC(=O)CNc1ccc(C#N)cc1Cl. The number of carbonyl (C=O) groups excluding carboxylic acids is 1. The van der Waals surface area contributed by atoms with Gasteiger partial charge in [0.1, 0.15) is 0 Å². The summed E-state index contributed by atoms with van der Waals surface area (Å²) in [6.45, 7) is 4.89. The summed E-state index contributed by atoms with van der Waals surface area (Å²) in [7, 11) is 0. The first-order valence-corrected chi connectivity index (χ1v) is 6.11. The van der Waals surface area contributed by atoms with Gasteiger partial charge < -0.3 is 10.6 Å². The second kappa shape index (κ2) is 6.87. The highest BCUT2D eigenvalue weighted by molar-refractivity contribution is 6.33. The molecule has 0 fully saturated rings. The number of amides is 1. The molecule has 5 heteroatoms. The third kappa shape index (κ3) is 4.64. The second-order valence-corrected chi connectivity index (χ2v) is 4.77. The van der Waals surface area contributed by atoms with Crippen LogP contribution < -0.4 is 10.6 Å². The standard InChI is InChI=1S/C13H16ClN3O/c1-9(2)7-17-13(18)8-16-12-4-3-10(6-15)5-11(12)14/h3-5,9,16H,7-8H2,1-2H3,(H,17,18). The fourth-order valence-electron chi connectivity index (χ4n) is 1.28. The Morgan fingerprint density at radius 1 is 1.50 bits per heavy atom. The van der Waals surface area contributed by atoms with Crippen LogP contribution in [-0.4, -0.2) is 19.0 Å². The minimum Gasteiger partial charge on any atom is -0.375 e. The maximum Gasteiger partial charge on any atom is 0.239 e. The molecule has 0 aliphatic heterocycles. The van der Waals surface area contributed by atoms with Crippen molar-refractivity contribution >= 4 is 23.2 Å². The third-order valence-corrected chi connectivity index (χ3v) is 2.56. The predicted octanol–water partition coefficient (Wildman–Crippen LogP) is 2.40. The number of hydrogen-bond acceptors (Lipinski definition) is 3. The number of benzene rings is 1. The highest BCUT2D eigenvalue weighted by atomic mass is 35.5. The Morgan fingerprint density at radius 2 is 2.22 bits per heavy atom. The highest BCUT2D eigenvalue weighted by Gasteiger charge is 2.05. The molecule has 1 amide bonds. The van der Waals surface area contributed by atoms with Crippen LogP contribution in [0.5, 0.6) is 0 Å². The quantitative estimate of drug-likeness (QED) is 0.859. The van der Waals surface area contributed by atoms with Crippen LogP contribution in [0.15, 0.2) is 18.2 Å². The van der Waals surface area contributed by atoms with Gasteiger partial charge in [-0.3, -0.25) is 4.79 Å². The van der Waals surface area contributed by atoms with Gasteiger partial charge in [0.2, 0.25) is 5.91 Å². The van der Waals surface area contributed by atoms with Crippen LogP contribution in [0.25, 0.3) is 0 Å². The Bertz CT molecular complexity index is 466. The lowest BCUT2D eigenvalue weighted by Gasteiger charge is -2.10. The zero-order chi connectivity index (χ0) is 13.5. The summed E-state index contributed by atoms with van der Waals surface area (Å²) in [5, 5.41) is 14.9. The molecule has 0 atom stereocenters. The van der Waals surface area contributed by atoms with Gasteiger partial charge in [-0.15, -0.1) is 0 Å². The highest BCUT2D eigenvalue weighted by Crippen LogP contribution is 2.22. The average molecular weight is 266 g/mol. The second-order valence-electron chi connectivity index (χ2n) is 4.36. The molecule has 0 heterocycles. The number of rotatable bonds is 5. The lowest BCUT2D eigenvalue weighted by atomic mass is 10.2. The van der Waals surface area contributed by atoms with Crippen molar-refractivity contribution in [3.63, 3.8) is 0 Å². The first-order valence-electron chi connectivity index (χ1n) is 5.73. The van der Waals surface area contributed by atoms with Crippen LogP contribution in [0.4, 0.5) is 5.69 Å². The van der Waals surface area contributed by atoms with Crippen LogP contribution in [0.2, 0.25) is 5.02 Å². The van der Waals surface area contributed by atoms with E-state index in [1.54, 1.807) is 18.2 Å². The molecule has 96 valence electrons. The van der Waals surface area contributed by atoms with E-state index in [-0.39, 0.29) is 12.5 Å². The Hall–Kier alpha value is -1.73. The molecule has 0 aliphatic carbocycles. The Morgan fingerprint density at radius 3 is 2.78 bits per heavy atom. The fraction of sp³-hybridized carbons (Fsp3) is 0.385. The van der Waals surface area contributed by atoms with Gasteiger partial charge in [-0.2, -0.15) is 5.26 Å². The van der Waals surface area contributed by atoms with Gasteiger partial charge in [-0.1, -0.05) is 25.4 Å². The van der Waals surface area contributed by atoms with Crippen molar-refractivity contribution in [1.82, 2.24) is 5.32 Å². The summed E-state index contributed by atoms with van der Waals surface area (Å²) in [6.07, 6.45) is 0. The predicted molar refractivity (Wildman–Crippen MR) is 72.5 cm³/mol. The van der Waals surface area contributed by atoms with E-state index in [0.29, 0.717) is 28.7 Å². The van der Waals surface area contributed by atoms with Crippen molar-refractivity contribution < 1.29 is 4.79 Å². The molecule has 0 saturated carbocycles. The van der Waals surface area contributed by atoms with Gasteiger partial charge in [0.15, 0.2) is 0 Å². The number of hydrogen-bond donors (Lipinski definition) is 2. The lowest BCUT2D eigenvalue weighted by Crippen LogP contribution is -2.32. The van der Waals surface area contributed by atoms with E-state index in [1.807, 2.05) is 19.9 Å². The molecule has 1 aromatic carbocycles. The largest absolute Gasteiger partial charge is 0.375 e. The lowest BCUT2D eigenvalue weighted by molar-refractivity contribution is -0.119. The Labute approximate surface area is 112 Å². The number of nitrogens with one attached hydrogen (secondary N) is 2. The van der Waals surface area contributed by atoms with E-state index in [2.05, 4.69) is 10.6 Å². The summed E-state index contributed by atoms with van der Waals surface area (Å²) in [5.74, 6) is 0.344. The van der Waals surface area contributed by atoms with E-state index in [4.69, 9.17) is 16.9 Å². The monoisotopic (exact) mass is 265 g/mol. The third-order valence-electron chi connectivity index (χ3n) is 2.25. The normalized spacial score (nSPS) is 9.94. The van der Waals surface area contributed by atoms with Crippen molar-refractivity contribution in [1.29, 1.82) is 5.26 Å². The summed E-state index contributed by atoms with van der Waals surface area (Å²) in [6, 6.07) is 6.91. The van der Waals surface area contributed by atoms with Gasteiger partial charge in [-0.25, -0.2) is 0 Å². The molecule has 0 aromatic heterocycles. The molecule has 18 heavy (non-hydrogen) atoms. The van der Waals surface area contributed by atoms with Crippen LogP contribution in [0.1, 0.15) is 19.4 Å². The molecule has 0 spiro atoms. The van der Waals surface area contributed by atoms with Gasteiger partial charge in [0.05, 0.1) is 28.9 Å². The fourth-order valence-corrected chi connectivity index (χ4v) is 1.53. The zero-order valence-corrected chi connectivity index (χ0v) is 11.2. The molecule has 0 bridgehead atoms. The average Bonchev–Trinajstić information content (AvgIpc) is 2.34. The van der Waals surface area contributed by atoms with Gasteiger partial charge >= 0.3 is 0 Å². The van der Waals surface area contributed by atoms with Crippen molar-refractivity contribution in [2.45, 2.75) is 13.8 Å². The first-order chi connectivity index (χ1) is 8.52. The van der Waals surface area contributed by atoms with Gasteiger partial charge in [0, 0.05) is 6.54 Å². The van der Waals surface area contributed by atoms with Crippen molar-refractivity contribution in [3.8, 4) is 6.07 Å².